The highest BCUT2D eigenvalue weighted by molar-refractivity contribution is 5.86. The van der Waals surface area contributed by atoms with Crippen LogP contribution in [0, 0.1) is 6.92 Å². The van der Waals surface area contributed by atoms with E-state index in [0.29, 0.717) is 5.56 Å². The monoisotopic (exact) mass is 283 g/mol. The molecular weight excluding hydrogens is 266 g/mol. The van der Waals surface area contributed by atoms with E-state index in [9.17, 15) is 19.8 Å². The molecule has 1 aromatic heterocycles. The standard InChI is InChI=1S/C13H17NO6/c1-3-20-10(16)5-9(15)12(17)8-4-7(2)11(13(18)19)14-6-8/h4,6,9,12,15,17H,3,5H2,1-2H3,(H,18,19). The maximum atomic E-state index is 11.2. The van der Waals surface area contributed by atoms with Crippen LogP contribution >= 0.6 is 0 Å². The fourth-order valence-electron chi connectivity index (χ4n) is 1.71. The molecule has 0 aliphatic rings. The molecule has 1 aromatic rings. The van der Waals surface area contributed by atoms with E-state index in [1.807, 2.05) is 0 Å². The molecular formula is C13H17NO6. The first-order valence-corrected chi connectivity index (χ1v) is 6.08. The summed E-state index contributed by atoms with van der Waals surface area (Å²) in [4.78, 5) is 25.7. The number of carbonyl (C=O) groups is 2. The zero-order valence-corrected chi connectivity index (χ0v) is 11.2. The van der Waals surface area contributed by atoms with Gasteiger partial charge in [0.15, 0.2) is 5.69 Å². The van der Waals surface area contributed by atoms with Gasteiger partial charge in [-0.15, -0.1) is 0 Å². The van der Waals surface area contributed by atoms with Crippen molar-refractivity contribution in [3.63, 3.8) is 0 Å². The van der Waals surface area contributed by atoms with Crippen molar-refractivity contribution in [1.82, 2.24) is 4.98 Å². The van der Waals surface area contributed by atoms with E-state index in [4.69, 9.17) is 5.11 Å². The van der Waals surface area contributed by atoms with Crippen molar-refractivity contribution in [2.75, 3.05) is 6.61 Å². The summed E-state index contributed by atoms with van der Waals surface area (Å²) in [5.74, 6) is -1.79. The van der Waals surface area contributed by atoms with Crippen LogP contribution in [0.3, 0.4) is 0 Å². The van der Waals surface area contributed by atoms with Gasteiger partial charge in [-0.05, 0) is 25.5 Å². The van der Waals surface area contributed by atoms with Gasteiger partial charge < -0.3 is 20.1 Å². The fraction of sp³-hybridized carbons (Fsp3) is 0.462. The van der Waals surface area contributed by atoms with E-state index in [-0.39, 0.29) is 24.3 Å². The first kappa shape index (κ1) is 16.1. The Balaban J connectivity index is 2.81. The highest BCUT2D eigenvalue weighted by atomic mass is 16.5. The van der Waals surface area contributed by atoms with Crippen LogP contribution in [0.4, 0.5) is 0 Å². The second-order valence-corrected chi connectivity index (χ2v) is 4.26. The predicted molar refractivity (Wildman–Crippen MR) is 68.1 cm³/mol. The van der Waals surface area contributed by atoms with E-state index < -0.39 is 24.1 Å². The van der Waals surface area contributed by atoms with Crippen molar-refractivity contribution in [1.29, 1.82) is 0 Å². The Hall–Kier alpha value is -1.99. The van der Waals surface area contributed by atoms with Crippen LogP contribution in [0.2, 0.25) is 0 Å². The number of esters is 1. The summed E-state index contributed by atoms with van der Waals surface area (Å²) in [6.07, 6.45) is -1.87. The molecule has 0 fully saturated rings. The molecule has 1 rings (SSSR count). The molecule has 0 aliphatic carbocycles. The first-order valence-electron chi connectivity index (χ1n) is 6.08. The molecule has 7 heteroatoms. The summed E-state index contributed by atoms with van der Waals surface area (Å²) in [5.41, 5.74) is 0.475. The Morgan fingerprint density at radius 2 is 2.05 bits per heavy atom. The van der Waals surface area contributed by atoms with E-state index in [1.54, 1.807) is 6.92 Å². The summed E-state index contributed by atoms with van der Waals surface area (Å²) in [5, 5.41) is 28.5. The summed E-state index contributed by atoms with van der Waals surface area (Å²) in [6, 6.07) is 1.41. The molecule has 7 nitrogen and oxygen atoms in total. The van der Waals surface area contributed by atoms with E-state index in [1.165, 1.54) is 13.0 Å². The zero-order valence-electron chi connectivity index (χ0n) is 11.2. The fourth-order valence-corrected chi connectivity index (χ4v) is 1.71. The minimum Gasteiger partial charge on any atom is -0.477 e. The number of aromatic nitrogens is 1. The van der Waals surface area contributed by atoms with Crippen LogP contribution in [0.25, 0.3) is 0 Å². The molecule has 1 heterocycles. The smallest absolute Gasteiger partial charge is 0.354 e. The number of carbonyl (C=O) groups excluding carboxylic acids is 1. The molecule has 0 aromatic carbocycles. The van der Waals surface area contributed by atoms with E-state index >= 15 is 0 Å². The van der Waals surface area contributed by atoms with Gasteiger partial charge in [0.1, 0.15) is 6.10 Å². The number of hydrogen-bond acceptors (Lipinski definition) is 6. The number of pyridine rings is 1. The summed E-state index contributed by atoms with van der Waals surface area (Å²) >= 11 is 0. The second kappa shape index (κ2) is 6.97. The topological polar surface area (TPSA) is 117 Å². The second-order valence-electron chi connectivity index (χ2n) is 4.26. The SMILES string of the molecule is CCOC(=O)CC(O)C(O)c1cnc(C(=O)O)c(C)c1. The quantitative estimate of drug-likeness (QED) is 0.648. The zero-order chi connectivity index (χ0) is 15.3. The average molecular weight is 283 g/mol. The average Bonchev–Trinajstić information content (AvgIpc) is 2.37. The van der Waals surface area contributed by atoms with Gasteiger partial charge in [0.2, 0.25) is 0 Å². The summed E-state index contributed by atoms with van der Waals surface area (Å²) in [7, 11) is 0. The molecule has 110 valence electrons. The maximum Gasteiger partial charge on any atom is 0.354 e. The highest BCUT2D eigenvalue weighted by Gasteiger charge is 2.23. The number of carboxylic acids is 1. The molecule has 2 unspecified atom stereocenters. The number of aryl methyl sites for hydroxylation is 1. The van der Waals surface area contributed by atoms with Crippen LogP contribution < -0.4 is 0 Å². The maximum absolute atomic E-state index is 11.2. The number of carboxylic acid groups (broad SMARTS) is 1. The number of aliphatic hydroxyl groups is 2. The van der Waals surface area contributed by atoms with Gasteiger partial charge in [-0.3, -0.25) is 4.79 Å². The summed E-state index contributed by atoms with van der Waals surface area (Å²) < 4.78 is 4.67. The van der Waals surface area contributed by atoms with Gasteiger partial charge >= 0.3 is 11.9 Å². The number of ether oxygens (including phenoxy) is 1. The predicted octanol–water partition coefficient (Wildman–Crippen LogP) is 0.436. The minimum atomic E-state index is -1.34. The van der Waals surface area contributed by atoms with Crippen LogP contribution in [0.5, 0.6) is 0 Å². The molecule has 0 saturated heterocycles. The minimum absolute atomic E-state index is 0.124. The number of aliphatic hydroxyl groups excluding tert-OH is 2. The first-order chi connectivity index (χ1) is 9.36. The molecule has 0 bridgehead atoms. The molecule has 0 aliphatic heterocycles. The summed E-state index contributed by atoms with van der Waals surface area (Å²) in [6.45, 7) is 3.36. The van der Waals surface area contributed by atoms with Crippen molar-refractivity contribution in [3.8, 4) is 0 Å². The lowest BCUT2D eigenvalue weighted by atomic mass is 10.0. The number of hydrogen-bond donors (Lipinski definition) is 3. The van der Waals surface area contributed by atoms with Crippen molar-refractivity contribution < 1.29 is 29.6 Å². The van der Waals surface area contributed by atoms with Gasteiger partial charge in [0, 0.05) is 11.8 Å². The number of nitrogens with zero attached hydrogens (tertiary/aromatic N) is 1. The van der Waals surface area contributed by atoms with Crippen molar-refractivity contribution >= 4 is 11.9 Å². The van der Waals surface area contributed by atoms with Gasteiger partial charge in [-0.2, -0.15) is 0 Å². The van der Waals surface area contributed by atoms with Crippen LogP contribution in [-0.4, -0.2) is 45.0 Å². The Morgan fingerprint density at radius 1 is 1.40 bits per heavy atom. The Labute approximate surface area is 115 Å². The molecule has 0 amide bonds. The third-order valence-electron chi connectivity index (χ3n) is 2.69. The third kappa shape index (κ3) is 4.01. The highest BCUT2D eigenvalue weighted by Crippen LogP contribution is 2.20. The molecule has 0 spiro atoms. The lowest BCUT2D eigenvalue weighted by molar-refractivity contribution is -0.147. The third-order valence-corrected chi connectivity index (χ3v) is 2.69. The largest absolute Gasteiger partial charge is 0.477 e. The normalized spacial score (nSPS) is 13.6. The Morgan fingerprint density at radius 3 is 2.55 bits per heavy atom. The Kier molecular flexibility index (Phi) is 5.60. The number of aromatic carboxylic acids is 1. The molecule has 3 N–H and O–H groups in total. The molecule has 0 radical (unpaired) electrons. The molecule has 20 heavy (non-hydrogen) atoms. The van der Waals surface area contributed by atoms with Gasteiger partial charge in [0.05, 0.1) is 19.1 Å². The van der Waals surface area contributed by atoms with Crippen LogP contribution in [0.15, 0.2) is 12.3 Å². The van der Waals surface area contributed by atoms with Gasteiger partial charge in [-0.25, -0.2) is 9.78 Å². The molecule has 2 atom stereocenters. The van der Waals surface area contributed by atoms with Gasteiger partial charge in [-0.1, -0.05) is 0 Å². The van der Waals surface area contributed by atoms with Crippen LogP contribution in [0.1, 0.15) is 41.1 Å². The van der Waals surface area contributed by atoms with Gasteiger partial charge in [0.25, 0.3) is 0 Å². The molecule has 0 saturated carbocycles. The Bertz CT molecular complexity index is 502. The van der Waals surface area contributed by atoms with Crippen molar-refractivity contribution in [2.45, 2.75) is 32.5 Å². The number of rotatable bonds is 6. The lowest BCUT2D eigenvalue weighted by Crippen LogP contribution is -2.23. The van der Waals surface area contributed by atoms with E-state index in [0.717, 1.165) is 6.20 Å². The van der Waals surface area contributed by atoms with Crippen LogP contribution in [-0.2, 0) is 9.53 Å². The lowest BCUT2D eigenvalue weighted by Gasteiger charge is -2.17. The van der Waals surface area contributed by atoms with Crippen molar-refractivity contribution in [3.05, 3.63) is 29.1 Å². The van der Waals surface area contributed by atoms with E-state index in [2.05, 4.69) is 9.72 Å². The van der Waals surface area contributed by atoms with Crippen molar-refractivity contribution in [2.24, 2.45) is 0 Å².